The van der Waals surface area contributed by atoms with Crippen molar-refractivity contribution in [2.75, 3.05) is 19.5 Å². The van der Waals surface area contributed by atoms with Gasteiger partial charge in [0, 0.05) is 6.07 Å². The van der Waals surface area contributed by atoms with Crippen molar-refractivity contribution in [1.29, 1.82) is 0 Å². The third kappa shape index (κ3) is 4.01. The largest absolute Gasteiger partial charge is 0.466 e. The molecule has 0 aliphatic rings. The minimum absolute atomic E-state index is 0.173. The molecule has 8 nitrogen and oxygen atoms in total. The van der Waals surface area contributed by atoms with Crippen molar-refractivity contribution in [2.24, 2.45) is 0 Å². The number of methoxy groups -OCH3 is 2. The van der Waals surface area contributed by atoms with E-state index < -0.39 is 28.4 Å². The fourth-order valence-electron chi connectivity index (χ4n) is 1.56. The Morgan fingerprint density at radius 3 is 2.41 bits per heavy atom. The standard InChI is InChI=1S/C13H13FN2O6/c1-7-4-8(16(19)20)5-9(14)12(7)15-10(13(18)22-3)6-11(17)21-2/h4-6,15H,1-3H3/b10-6+. The Morgan fingerprint density at radius 1 is 1.32 bits per heavy atom. The van der Waals surface area contributed by atoms with Crippen LogP contribution in [-0.4, -0.2) is 31.1 Å². The van der Waals surface area contributed by atoms with Crippen LogP contribution in [0.5, 0.6) is 0 Å². The zero-order chi connectivity index (χ0) is 16.9. The van der Waals surface area contributed by atoms with E-state index in [1.165, 1.54) is 6.92 Å². The molecule has 1 aromatic rings. The first kappa shape index (κ1) is 17.1. The number of nitro groups is 1. The summed E-state index contributed by atoms with van der Waals surface area (Å²) in [6.45, 7) is 1.41. The number of hydrogen-bond acceptors (Lipinski definition) is 7. The monoisotopic (exact) mass is 312 g/mol. The van der Waals surface area contributed by atoms with Gasteiger partial charge < -0.3 is 14.8 Å². The summed E-state index contributed by atoms with van der Waals surface area (Å²) in [5.41, 5.74) is -0.820. The number of halogens is 1. The minimum Gasteiger partial charge on any atom is -0.466 e. The molecule has 1 aromatic carbocycles. The molecule has 1 N–H and O–H groups in total. The molecule has 0 radical (unpaired) electrons. The van der Waals surface area contributed by atoms with Crippen LogP contribution in [0.15, 0.2) is 23.9 Å². The predicted octanol–water partition coefficient (Wildman–Crippen LogP) is 1.68. The molecule has 0 amide bonds. The van der Waals surface area contributed by atoms with E-state index in [9.17, 15) is 24.1 Å². The van der Waals surface area contributed by atoms with Gasteiger partial charge in [-0.05, 0) is 12.5 Å². The molecule has 0 saturated carbocycles. The summed E-state index contributed by atoms with van der Waals surface area (Å²) in [5.74, 6) is -2.73. The van der Waals surface area contributed by atoms with Crippen molar-refractivity contribution in [3.8, 4) is 0 Å². The fourth-order valence-corrected chi connectivity index (χ4v) is 1.56. The summed E-state index contributed by atoms with van der Waals surface area (Å²) < 4.78 is 22.8. The van der Waals surface area contributed by atoms with Gasteiger partial charge in [0.05, 0.1) is 37.0 Å². The van der Waals surface area contributed by atoms with Gasteiger partial charge in [-0.3, -0.25) is 10.1 Å². The van der Waals surface area contributed by atoms with Crippen LogP contribution in [0.1, 0.15) is 5.56 Å². The van der Waals surface area contributed by atoms with Gasteiger partial charge in [-0.2, -0.15) is 0 Å². The zero-order valence-electron chi connectivity index (χ0n) is 12.0. The summed E-state index contributed by atoms with van der Waals surface area (Å²) in [6.07, 6.45) is 0.784. The lowest BCUT2D eigenvalue weighted by molar-refractivity contribution is -0.385. The summed E-state index contributed by atoms with van der Waals surface area (Å²) in [6, 6.07) is 1.82. The molecule has 0 heterocycles. The number of benzene rings is 1. The molecule has 118 valence electrons. The minimum atomic E-state index is -0.952. The lowest BCUT2D eigenvalue weighted by Gasteiger charge is -2.12. The molecular formula is C13H13FN2O6. The second-order valence-corrected chi connectivity index (χ2v) is 4.07. The van der Waals surface area contributed by atoms with E-state index in [4.69, 9.17) is 0 Å². The Kier molecular flexibility index (Phi) is 5.56. The first-order chi connectivity index (χ1) is 10.3. The number of hydrogen-bond donors (Lipinski definition) is 1. The molecule has 0 unspecified atom stereocenters. The van der Waals surface area contributed by atoms with Crippen molar-refractivity contribution in [2.45, 2.75) is 6.92 Å². The Labute approximate surface area is 124 Å². The molecule has 1 rings (SSSR count). The number of nitro benzene ring substituents is 1. The zero-order valence-corrected chi connectivity index (χ0v) is 12.0. The quantitative estimate of drug-likeness (QED) is 0.381. The van der Waals surface area contributed by atoms with Crippen molar-refractivity contribution in [3.05, 3.63) is 45.4 Å². The van der Waals surface area contributed by atoms with E-state index in [1.54, 1.807) is 0 Å². The number of non-ortho nitro benzene ring substituents is 1. The Balaban J connectivity index is 3.24. The SMILES string of the molecule is COC(=O)/C=C(/Nc1c(C)cc([N+](=O)[O-])cc1F)C(=O)OC. The number of anilines is 1. The third-order valence-electron chi connectivity index (χ3n) is 2.61. The predicted molar refractivity (Wildman–Crippen MR) is 73.5 cm³/mol. The number of aryl methyl sites for hydroxylation is 1. The average molecular weight is 312 g/mol. The molecule has 0 aliphatic carbocycles. The van der Waals surface area contributed by atoms with Gasteiger partial charge in [0.2, 0.25) is 0 Å². The maximum absolute atomic E-state index is 14.0. The lowest BCUT2D eigenvalue weighted by atomic mass is 10.1. The van der Waals surface area contributed by atoms with Gasteiger partial charge in [0.15, 0.2) is 5.82 Å². The van der Waals surface area contributed by atoms with Crippen LogP contribution in [0.25, 0.3) is 0 Å². The highest BCUT2D eigenvalue weighted by Crippen LogP contribution is 2.26. The summed E-state index contributed by atoms with van der Waals surface area (Å²) in [4.78, 5) is 32.7. The molecular weight excluding hydrogens is 299 g/mol. The maximum atomic E-state index is 14.0. The number of esters is 2. The molecule has 9 heteroatoms. The van der Waals surface area contributed by atoms with Gasteiger partial charge in [-0.25, -0.2) is 14.0 Å². The highest BCUT2D eigenvalue weighted by Gasteiger charge is 2.19. The summed E-state index contributed by atoms with van der Waals surface area (Å²) in [5, 5.41) is 13.0. The van der Waals surface area contributed by atoms with E-state index >= 15 is 0 Å². The van der Waals surface area contributed by atoms with Crippen LogP contribution >= 0.6 is 0 Å². The Morgan fingerprint density at radius 2 is 1.95 bits per heavy atom. The normalized spacial score (nSPS) is 10.8. The van der Waals surface area contributed by atoms with Gasteiger partial charge in [0.25, 0.3) is 5.69 Å². The average Bonchev–Trinajstić information content (AvgIpc) is 2.48. The van der Waals surface area contributed by atoms with E-state index in [1.807, 2.05) is 0 Å². The van der Waals surface area contributed by atoms with Crippen LogP contribution in [0.2, 0.25) is 0 Å². The third-order valence-corrected chi connectivity index (χ3v) is 2.61. The first-order valence-electron chi connectivity index (χ1n) is 5.89. The van der Waals surface area contributed by atoms with E-state index in [2.05, 4.69) is 14.8 Å². The molecule has 0 aliphatic heterocycles. The van der Waals surface area contributed by atoms with Gasteiger partial charge >= 0.3 is 11.9 Å². The van der Waals surface area contributed by atoms with Gasteiger partial charge in [0.1, 0.15) is 5.70 Å². The van der Waals surface area contributed by atoms with Crippen LogP contribution in [0.3, 0.4) is 0 Å². The smallest absolute Gasteiger partial charge is 0.354 e. The Hall–Kier alpha value is -2.97. The molecule has 0 atom stereocenters. The summed E-state index contributed by atoms with van der Waals surface area (Å²) >= 11 is 0. The fraction of sp³-hybridized carbons (Fsp3) is 0.231. The number of nitrogens with zero attached hydrogens (tertiary/aromatic N) is 1. The van der Waals surface area contributed by atoms with Crippen molar-refractivity contribution >= 4 is 23.3 Å². The molecule has 22 heavy (non-hydrogen) atoms. The van der Waals surface area contributed by atoms with Gasteiger partial charge in [-0.15, -0.1) is 0 Å². The van der Waals surface area contributed by atoms with Crippen LogP contribution in [-0.2, 0) is 19.1 Å². The first-order valence-corrected chi connectivity index (χ1v) is 5.89. The van der Waals surface area contributed by atoms with Crippen molar-refractivity contribution in [1.82, 2.24) is 0 Å². The van der Waals surface area contributed by atoms with E-state index in [0.717, 1.165) is 26.4 Å². The van der Waals surface area contributed by atoms with Gasteiger partial charge in [-0.1, -0.05) is 0 Å². The molecule has 0 saturated heterocycles. The number of rotatable bonds is 5. The van der Waals surface area contributed by atoms with Crippen molar-refractivity contribution < 1.29 is 28.4 Å². The van der Waals surface area contributed by atoms with Crippen LogP contribution in [0.4, 0.5) is 15.8 Å². The second kappa shape index (κ2) is 7.16. The number of nitrogens with one attached hydrogen (secondary N) is 1. The molecule has 0 aromatic heterocycles. The maximum Gasteiger partial charge on any atom is 0.354 e. The number of carbonyl (C=O) groups is 2. The Bertz CT molecular complexity index is 633. The van der Waals surface area contributed by atoms with Crippen molar-refractivity contribution in [3.63, 3.8) is 0 Å². The molecule has 0 spiro atoms. The second-order valence-electron chi connectivity index (χ2n) is 4.07. The van der Waals surface area contributed by atoms with Crippen LogP contribution in [0, 0.1) is 22.9 Å². The summed E-state index contributed by atoms with van der Waals surface area (Å²) in [7, 11) is 2.18. The molecule has 0 bridgehead atoms. The van der Waals surface area contributed by atoms with Crippen LogP contribution < -0.4 is 5.32 Å². The molecule has 0 fully saturated rings. The topological polar surface area (TPSA) is 108 Å². The van der Waals surface area contributed by atoms with E-state index in [0.29, 0.717) is 6.07 Å². The van der Waals surface area contributed by atoms with E-state index in [-0.39, 0.29) is 16.9 Å². The lowest BCUT2D eigenvalue weighted by Crippen LogP contribution is -2.16. The highest BCUT2D eigenvalue weighted by atomic mass is 19.1. The number of ether oxygens (including phenoxy) is 2. The highest BCUT2D eigenvalue weighted by molar-refractivity contribution is 5.98. The number of carbonyl (C=O) groups excluding carboxylic acids is 2.